The number of rotatable bonds is 5. The number of hydrogen-bond donors (Lipinski definition) is 2. The number of hydrogen-bond acceptors (Lipinski definition) is 3. The van der Waals surface area contributed by atoms with Gasteiger partial charge in [0, 0.05) is 5.69 Å². The van der Waals surface area contributed by atoms with Gasteiger partial charge in [-0.25, -0.2) is 8.78 Å². The van der Waals surface area contributed by atoms with Crippen molar-refractivity contribution in [2.75, 3.05) is 12.4 Å². The van der Waals surface area contributed by atoms with Gasteiger partial charge < -0.3 is 10.1 Å². The number of nitrogens with one attached hydrogen (secondary N) is 2. The zero-order chi connectivity index (χ0) is 21.0. The molecule has 0 unspecified atom stereocenters. The Morgan fingerprint density at radius 1 is 1.07 bits per heavy atom. The Labute approximate surface area is 164 Å². The van der Waals surface area contributed by atoms with E-state index in [9.17, 15) is 22.4 Å². The van der Waals surface area contributed by atoms with Crippen LogP contribution in [0.3, 0.4) is 0 Å². The van der Waals surface area contributed by atoms with Crippen LogP contribution in [-0.2, 0) is 0 Å². The summed E-state index contributed by atoms with van der Waals surface area (Å²) in [4.78, 5) is 12.1. The van der Waals surface area contributed by atoms with Gasteiger partial charge in [-0.1, -0.05) is 26.0 Å². The van der Waals surface area contributed by atoms with E-state index in [4.69, 9.17) is 12.2 Å². The first-order valence-electron chi connectivity index (χ1n) is 8.33. The molecule has 150 valence electrons. The van der Waals surface area contributed by atoms with Crippen LogP contribution in [0.15, 0.2) is 24.3 Å². The monoisotopic (exact) mass is 414 g/mol. The van der Waals surface area contributed by atoms with Gasteiger partial charge >= 0.3 is 0 Å². The molecule has 0 aliphatic heterocycles. The molecule has 2 aromatic carbocycles. The van der Waals surface area contributed by atoms with E-state index in [-0.39, 0.29) is 5.11 Å². The Morgan fingerprint density at radius 2 is 1.61 bits per heavy atom. The largest absolute Gasteiger partial charge is 0.491 e. The van der Waals surface area contributed by atoms with Gasteiger partial charge in [0.25, 0.3) is 5.91 Å². The maximum absolute atomic E-state index is 14.0. The lowest BCUT2D eigenvalue weighted by Gasteiger charge is -2.14. The SMILES string of the molecule is CC[C@H](C)c1ccc(NC(=S)NC(=O)c2c(F)c(F)c(OC)c(F)c2F)cc1. The number of carbonyl (C=O) groups is 1. The molecule has 4 nitrogen and oxygen atoms in total. The molecule has 0 bridgehead atoms. The van der Waals surface area contributed by atoms with Crippen LogP contribution in [0.5, 0.6) is 5.75 Å². The van der Waals surface area contributed by atoms with Gasteiger partial charge in [0.1, 0.15) is 5.56 Å². The second-order valence-corrected chi connectivity index (χ2v) is 6.41. The van der Waals surface area contributed by atoms with Crippen molar-refractivity contribution in [1.82, 2.24) is 5.32 Å². The Kier molecular flexibility index (Phi) is 6.95. The average Bonchev–Trinajstić information content (AvgIpc) is 2.67. The summed E-state index contributed by atoms with van der Waals surface area (Å²) >= 11 is 4.92. The van der Waals surface area contributed by atoms with Gasteiger partial charge in [0.05, 0.1) is 7.11 Å². The van der Waals surface area contributed by atoms with Crippen LogP contribution >= 0.6 is 12.2 Å². The lowest BCUT2D eigenvalue weighted by molar-refractivity contribution is 0.0966. The topological polar surface area (TPSA) is 50.4 Å². The third-order valence-corrected chi connectivity index (χ3v) is 4.44. The summed E-state index contributed by atoms with van der Waals surface area (Å²) in [5.74, 6) is -9.72. The molecule has 0 saturated heterocycles. The zero-order valence-corrected chi connectivity index (χ0v) is 16.1. The summed E-state index contributed by atoms with van der Waals surface area (Å²) in [7, 11) is 0.839. The highest BCUT2D eigenvalue weighted by Crippen LogP contribution is 2.29. The number of methoxy groups -OCH3 is 1. The Bertz CT molecular complexity index is 875. The molecule has 0 saturated carbocycles. The molecule has 2 N–H and O–H groups in total. The number of thiocarbonyl (C=S) groups is 1. The molecule has 28 heavy (non-hydrogen) atoms. The third-order valence-electron chi connectivity index (χ3n) is 4.23. The smallest absolute Gasteiger partial charge is 0.263 e. The van der Waals surface area contributed by atoms with Crippen molar-refractivity contribution in [2.45, 2.75) is 26.2 Å². The van der Waals surface area contributed by atoms with Crippen LogP contribution in [0.1, 0.15) is 42.1 Å². The minimum atomic E-state index is -1.88. The molecular formula is C19H18F4N2O2S. The van der Waals surface area contributed by atoms with Gasteiger partial charge in [-0.15, -0.1) is 0 Å². The van der Waals surface area contributed by atoms with Crippen molar-refractivity contribution >= 4 is 28.9 Å². The zero-order valence-electron chi connectivity index (χ0n) is 15.3. The quantitative estimate of drug-likeness (QED) is 0.416. The van der Waals surface area contributed by atoms with Crippen molar-refractivity contribution in [3.63, 3.8) is 0 Å². The maximum Gasteiger partial charge on any atom is 0.263 e. The molecule has 0 aromatic heterocycles. The van der Waals surface area contributed by atoms with Crippen molar-refractivity contribution in [3.05, 3.63) is 58.7 Å². The fraction of sp³-hybridized carbons (Fsp3) is 0.263. The molecule has 0 heterocycles. The molecule has 2 rings (SSSR count). The molecule has 9 heteroatoms. The number of benzene rings is 2. The van der Waals surface area contributed by atoms with Crippen molar-refractivity contribution < 1.29 is 27.1 Å². The number of halogens is 4. The second kappa shape index (κ2) is 9.01. The van der Waals surface area contributed by atoms with E-state index in [2.05, 4.69) is 23.9 Å². The van der Waals surface area contributed by atoms with E-state index in [1.54, 1.807) is 12.1 Å². The molecule has 1 atom stereocenters. The van der Waals surface area contributed by atoms with Crippen LogP contribution in [-0.4, -0.2) is 18.1 Å². The van der Waals surface area contributed by atoms with E-state index in [0.29, 0.717) is 11.6 Å². The molecule has 0 spiro atoms. The molecule has 1 amide bonds. The average molecular weight is 414 g/mol. The summed E-state index contributed by atoms with van der Waals surface area (Å²) in [5.41, 5.74) is 0.189. The first kappa shape index (κ1) is 21.6. The highest BCUT2D eigenvalue weighted by molar-refractivity contribution is 7.80. The highest BCUT2D eigenvalue weighted by atomic mass is 32.1. The fourth-order valence-electron chi connectivity index (χ4n) is 2.45. The standard InChI is InChI=1S/C19H18F4N2O2S/c1-4-9(2)10-5-7-11(8-6-10)24-19(28)25-18(26)12-13(20)15(22)17(27-3)16(23)14(12)21/h5-9H,4H2,1-3H3,(H2,24,25,26,28)/t9-/m0/s1. The molecule has 0 radical (unpaired) electrons. The number of amides is 1. The summed E-state index contributed by atoms with van der Waals surface area (Å²) in [5, 5.41) is 4.36. The van der Waals surface area contributed by atoms with Crippen molar-refractivity contribution in [3.8, 4) is 5.75 Å². The lowest BCUT2D eigenvalue weighted by atomic mass is 9.99. The van der Waals surface area contributed by atoms with Crippen molar-refractivity contribution in [1.29, 1.82) is 0 Å². The summed E-state index contributed by atoms with van der Waals surface area (Å²) in [6.07, 6.45) is 0.966. The van der Waals surface area contributed by atoms with E-state index >= 15 is 0 Å². The molecule has 2 aromatic rings. The minimum absolute atomic E-state index is 0.295. The number of ether oxygens (including phenoxy) is 1. The first-order valence-corrected chi connectivity index (χ1v) is 8.74. The van der Waals surface area contributed by atoms with Crippen LogP contribution in [0.4, 0.5) is 23.2 Å². The summed E-state index contributed by atoms with van der Waals surface area (Å²) < 4.78 is 59.7. The molecular weight excluding hydrogens is 396 g/mol. The van der Waals surface area contributed by atoms with Gasteiger partial charge in [-0.05, 0) is 42.3 Å². The van der Waals surface area contributed by atoms with Crippen molar-refractivity contribution in [2.24, 2.45) is 0 Å². The van der Waals surface area contributed by atoms with E-state index in [1.165, 1.54) is 0 Å². The first-order chi connectivity index (χ1) is 13.2. The predicted octanol–water partition coefficient (Wildman–Crippen LogP) is 4.89. The van der Waals surface area contributed by atoms with E-state index in [0.717, 1.165) is 19.1 Å². The lowest BCUT2D eigenvalue weighted by Crippen LogP contribution is -2.35. The van der Waals surface area contributed by atoms with Crippen LogP contribution in [0.25, 0.3) is 0 Å². The van der Waals surface area contributed by atoms with Crippen LogP contribution in [0, 0.1) is 23.3 Å². The van der Waals surface area contributed by atoms with Crippen LogP contribution < -0.4 is 15.4 Å². The molecule has 0 aliphatic rings. The van der Waals surface area contributed by atoms with E-state index < -0.39 is 40.5 Å². The fourth-order valence-corrected chi connectivity index (χ4v) is 2.66. The maximum atomic E-state index is 14.0. The van der Waals surface area contributed by atoms with Gasteiger partial charge in [-0.3, -0.25) is 10.1 Å². The minimum Gasteiger partial charge on any atom is -0.491 e. The highest BCUT2D eigenvalue weighted by Gasteiger charge is 2.30. The Hall–Kier alpha value is -2.68. The Morgan fingerprint density at radius 3 is 2.07 bits per heavy atom. The molecule has 0 aliphatic carbocycles. The third kappa shape index (κ3) is 4.41. The Balaban J connectivity index is 2.16. The van der Waals surface area contributed by atoms with Gasteiger partial charge in [0.2, 0.25) is 11.6 Å². The predicted molar refractivity (Wildman–Crippen MR) is 102 cm³/mol. The van der Waals surface area contributed by atoms with Gasteiger partial charge in [-0.2, -0.15) is 8.78 Å². The summed E-state index contributed by atoms with van der Waals surface area (Å²) in [6, 6.07) is 7.17. The number of anilines is 1. The van der Waals surface area contributed by atoms with E-state index in [1.807, 2.05) is 17.4 Å². The summed E-state index contributed by atoms with van der Waals surface area (Å²) in [6.45, 7) is 4.13. The van der Waals surface area contributed by atoms with Crippen LogP contribution in [0.2, 0.25) is 0 Å². The number of carbonyl (C=O) groups excluding carboxylic acids is 1. The molecule has 0 fully saturated rings. The van der Waals surface area contributed by atoms with Gasteiger partial charge in [0.15, 0.2) is 22.5 Å². The second-order valence-electron chi connectivity index (χ2n) is 6.00. The normalized spacial score (nSPS) is 11.7.